The molecule has 0 radical (unpaired) electrons. The number of carbonyl (C=O) groups excluding carboxylic acids is 1. The fraction of sp³-hybridized carbons (Fsp3) is 0.500. The summed E-state index contributed by atoms with van der Waals surface area (Å²) in [5.74, 6) is 0. The minimum absolute atomic E-state index is 0.00764. The Labute approximate surface area is 108 Å². The van der Waals surface area contributed by atoms with E-state index in [0.717, 1.165) is 18.8 Å². The number of hydrogen-bond donors (Lipinski definition) is 1. The van der Waals surface area contributed by atoms with Crippen molar-refractivity contribution in [2.75, 3.05) is 18.4 Å². The van der Waals surface area contributed by atoms with Gasteiger partial charge in [0, 0.05) is 18.8 Å². The van der Waals surface area contributed by atoms with Crippen LogP contribution in [0.5, 0.6) is 0 Å². The van der Waals surface area contributed by atoms with Crippen molar-refractivity contribution in [3.8, 4) is 0 Å². The number of nitrogens with one attached hydrogen (secondary N) is 1. The standard InChI is InChI=1S/C14H19N3O/c1-11-5-6-13-12(9-11)10-17(14(18)15-13)16-7-3-2-4-8-16/h5-6,9H,2-4,7-8,10H2,1H3,(H,15,18). The van der Waals surface area contributed by atoms with Gasteiger partial charge in [0.1, 0.15) is 0 Å². The van der Waals surface area contributed by atoms with Gasteiger partial charge >= 0.3 is 6.03 Å². The zero-order chi connectivity index (χ0) is 12.5. The second kappa shape index (κ2) is 4.61. The number of nitrogens with zero attached hydrogens (tertiary/aromatic N) is 2. The lowest BCUT2D eigenvalue weighted by Gasteiger charge is -2.40. The molecule has 0 atom stereocenters. The first-order chi connectivity index (χ1) is 8.74. The molecule has 2 heterocycles. The molecule has 0 spiro atoms. The fourth-order valence-electron chi connectivity index (χ4n) is 2.74. The highest BCUT2D eigenvalue weighted by Gasteiger charge is 2.28. The monoisotopic (exact) mass is 245 g/mol. The van der Waals surface area contributed by atoms with E-state index in [1.54, 1.807) is 0 Å². The molecule has 0 unspecified atom stereocenters. The van der Waals surface area contributed by atoms with Crippen LogP contribution in [0, 0.1) is 6.92 Å². The van der Waals surface area contributed by atoms with Gasteiger partial charge in [0.25, 0.3) is 0 Å². The Hall–Kier alpha value is -1.55. The third kappa shape index (κ3) is 2.08. The topological polar surface area (TPSA) is 35.6 Å². The molecule has 0 aliphatic carbocycles. The molecule has 18 heavy (non-hydrogen) atoms. The molecule has 1 saturated heterocycles. The van der Waals surface area contributed by atoms with Crippen LogP contribution < -0.4 is 5.32 Å². The SMILES string of the molecule is Cc1ccc2c(c1)CN(N1CCCCC1)C(=O)N2. The van der Waals surface area contributed by atoms with Crippen molar-refractivity contribution in [3.63, 3.8) is 0 Å². The van der Waals surface area contributed by atoms with Crippen LogP contribution >= 0.6 is 0 Å². The summed E-state index contributed by atoms with van der Waals surface area (Å²) in [5.41, 5.74) is 3.41. The van der Waals surface area contributed by atoms with Crippen LogP contribution in [0.2, 0.25) is 0 Å². The highest BCUT2D eigenvalue weighted by Crippen LogP contribution is 2.26. The zero-order valence-electron chi connectivity index (χ0n) is 10.8. The van der Waals surface area contributed by atoms with Crippen LogP contribution in [0.25, 0.3) is 0 Å². The Morgan fingerprint density at radius 1 is 1.17 bits per heavy atom. The Morgan fingerprint density at radius 3 is 2.72 bits per heavy atom. The summed E-state index contributed by atoms with van der Waals surface area (Å²) >= 11 is 0. The summed E-state index contributed by atoms with van der Waals surface area (Å²) in [6.45, 7) is 4.77. The molecule has 4 heteroatoms. The van der Waals surface area contributed by atoms with Crippen LogP contribution in [-0.2, 0) is 6.54 Å². The van der Waals surface area contributed by atoms with E-state index in [1.165, 1.54) is 30.4 Å². The minimum Gasteiger partial charge on any atom is -0.306 e. The van der Waals surface area contributed by atoms with Gasteiger partial charge in [-0.2, -0.15) is 0 Å². The van der Waals surface area contributed by atoms with Gasteiger partial charge in [-0.25, -0.2) is 9.80 Å². The summed E-state index contributed by atoms with van der Waals surface area (Å²) in [5, 5.41) is 7.03. The van der Waals surface area contributed by atoms with Gasteiger partial charge in [-0.15, -0.1) is 0 Å². The Kier molecular flexibility index (Phi) is 2.96. The van der Waals surface area contributed by atoms with Gasteiger partial charge in [0.15, 0.2) is 0 Å². The maximum atomic E-state index is 12.1. The van der Waals surface area contributed by atoms with Gasteiger partial charge in [-0.05, 0) is 31.4 Å². The van der Waals surface area contributed by atoms with Gasteiger partial charge in [-0.3, -0.25) is 5.01 Å². The second-order valence-electron chi connectivity index (χ2n) is 5.16. The second-order valence-corrected chi connectivity index (χ2v) is 5.16. The van der Waals surface area contributed by atoms with Gasteiger partial charge in [0.2, 0.25) is 0 Å². The number of carbonyl (C=O) groups is 1. The minimum atomic E-state index is 0.00764. The van der Waals surface area contributed by atoms with E-state index in [2.05, 4.69) is 23.3 Å². The highest BCUT2D eigenvalue weighted by atomic mass is 16.2. The summed E-state index contributed by atoms with van der Waals surface area (Å²) in [7, 11) is 0. The highest BCUT2D eigenvalue weighted by molar-refractivity contribution is 5.92. The Morgan fingerprint density at radius 2 is 1.94 bits per heavy atom. The van der Waals surface area contributed by atoms with E-state index in [9.17, 15) is 4.79 Å². The molecule has 0 saturated carbocycles. The van der Waals surface area contributed by atoms with Gasteiger partial charge in [-0.1, -0.05) is 24.1 Å². The van der Waals surface area contributed by atoms with Crippen LogP contribution in [0.1, 0.15) is 30.4 Å². The lowest BCUT2D eigenvalue weighted by molar-refractivity contribution is -0.00443. The number of piperidine rings is 1. The zero-order valence-corrected chi connectivity index (χ0v) is 10.8. The molecule has 1 aromatic rings. The number of rotatable bonds is 1. The Balaban J connectivity index is 1.83. The molecular formula is C14H19N3O. The first kappa shape index (κ1) is 11.5. The number of hydrogen-bond acceptors (Lipinski definition) is 2. The largest absolute Gasteiger partial charge is 0.336 e. The maximum Gasteiger partial charge on any atom is 0.336 e. The average Bonchev–Trinajstić information content (AvgIpc) is 2.39. The molecule has 0 aromatic heterocycles. The molecule has 1 N–H and O–H groups in total. The third-order valence-corrected chi connectivity index (χ3v) is 3.73. The number of aryl methyl sites for hydroxylation is 1. The van der Waals surface area contributed by atoms with Crippen LogP contribution in [0.4, 0.5) is 10.5 Å². The summed E-state index contributed by atoms with van der Waals surface area (Å²) in [6.07, 6.45) is 3.65. The van der Waals surface area contributed by atoms with E-state index >= 15 is 0 Å². The molecule has 4 nitrogen and oxygen atoms in total. The predicted molar refractivity (Wildman–Crippen MR) is 71.2 cm³/mol. The van der Waals surface area contributed by atoms with Crippen molar-refractivity contribution >= 4 is 11.7 Å². The maximum absolute atomic E-state index is 12.1. The molecule has 96 valence electrons. The molecule has 2 aliphatic rings. The molecule has 1 fully saturated rings. The molecule has 2 amide bonds. The summed E-state index contributed by atoms with van der Waals surface area (Å²) < 4.78 is 0. The third-order valence-electron chi connectivity index (χ3n) is 3.73. The van der Waals surface area contributed by atoms with Crippen molar-refractivity contribution in [3.05, 3.63) is 29.3 Å². The van der Waals surface area contributed by atoms with Crippen molar-refractivity contribution in [2.24, 2.45) is 0 Å². The van der Waals surface area contributed by atoms with Crippen molar-refractivity contribution in [1.82, 2.24) is 10.0 Å². The summed E-state index contributed by atoms with van der Waals surface area (Å²) in [6, 6.07) is 6.20. The molecule has 3 rings (SSSR count). The molecule has 2 aliphatic heterocycles. The van der Waals surface area contributed by atoms with Gasteiger partial charge in [0.05, 0.1) is 6.54 Å². The molecule has 1 aromatic carbocycles. The van der Waals surface area contributed by atoms with E-state index in [4.69, 9.17) is 0 Å². The lowest BCUT2D eigenvalue weighted by atomic mass is 10.1. The number of amides is 2. The first-order valence-electron chi connectivity index (χ1n) is 6.67. The van der Waals surface area contributed by atoms with E-state index in [-0.39, 0.29) is 6.03 Å². The van der Waals surface area contributed by atoms with Crippen LogP contribution in [0.3, 0.4) is 0 Å². The predicted octanol–water partition coefficient (Wildman–Crippen LogP) is 2.74. The van der Waals surface area contributed by atoms with Crippen molar-refractivity contribution in [2.45, 2.75) is 32.7 Å². The molecule has 0 bridgehead atoms. The number of fused-ring (bicyclic) bond motifs is 1. The van der Waals surface area contributed by atoms with E-state index in [1.807, 2.05) is 17.1 Å². The number of anilines is 1. The number of benzene rings is 1. The van der Waals surface area contributed by atoms with Crippen molar-refractivity contribution in [1.29, 1.82) is 0 Å². The smallest absolute Gasteiger partial charge is 0.306 e. The van der Waals surface area contributed by atoms with Crippen LogP contribution in [-0.4, -0.2) is 29.1 Å². The number of urea groups is 1. The quantitative estimate of drug-likeness (QED) is 0.825. The lowest BCUT2D eigenvalue weighted by Crippen LogP contribution is -2.51. The average molecular weight is 245 g/mol. The fourth-order valence-corrected chi connectivity index (χ4v) is 2.74. The van der Waals surface area contributed by atoms with Crippen molar-refractivity contribution < 1.29 is 4.79 Å². The van der Waals surface area contributed by atoms with Gasteiger partial charge < -0.3 is 5.32 Å². The molecular weight excluding hydrogens is 226 g/mol. The summed E-state index contributed by atoms with van der Waals surface area (Å²) in [4.78, 5) is 12.1. The van der Waals surface area contributed by atoms with E-state index in [0.29, 0.717) is 6.54 Å². The first-order valence-corrected chi connectivity index (χ1v) is 6.67. The Bertz CT molecular complexity index is 466. The normalized spacial score (nSPS) is 20.5. The van der Waals surface area contributed by atoms with E-state index < -0.39 is 0 Å². The van der Waals surface area contributed by atoms with Crippen LogP contribution in [0.15, 0.2) is 18.2 Å². The number of hydrazine groups is 1.